The lowest BCUT2D eigenvalue weighted by Gasteiger charge is -2.25. The van der Waals surface area contributed by atoms with Gasteiger partial charge in [0.1, 0.15) is 10.8 Å². The number of para-hydroxylation sites is 1. The molecule has 0 unspecified atom stereocenters. The molecule has 0 bridgehead atoms. The Balaban J connectivity index is 1.40. The summed E-state index contributed by atoms with van der Waals surface area (Å²) >= 11 is 1.64. The molecular weight excluding hydrogens is 406 g/mol. The number of carbonyl (C=O) groups is 1. The monoisotopic (exact) mass is 433 g/mol. The van der Waals surface area contributed by atoms with E-state index in [-0.39, 0.29) is 5.91 Å². The number of piperidine rings is 1. The lowest BCUT2D eigenvalue weighted by Crippen LogP contribution is -2.28. The second-order valence-electron chi connectivity index (χ2n) is 8.19. The van der Waals surface area contributed by atoms with Crippen LogP contribution in [0.4, 0.5) is 16.6 Å². The number of hydrogen-bond donors (Lipinski definition) is 1. The van der Waals surface area contributed by atoms with Crippen molar-refractivity contribution in [2.45, 2.75) is 44.9 Å². The number of nitrogens with zero attached hydrogens (tertiary/aromatic N) is 2. The van der Waals surface area contributed by atoms with Crippen LogP contribution in [0.5, 0.6) is 0 Å². The highest BCUT2D eigenvalue weighted by Crippen LogP contribution is 2.40. The van der Waals surface area contributed by atoms with E-state index in [4.69, 9.17) is 9.41 Å². The molecule has 2 aliphatic rings. The zero-order chi connectivity index (χ0) is 21.0. The molecule has 6 heteroatoms. The summed E-state index contributed by atoms with van der Waals surface area (Å²) in [6, 6.07) is 13.6. The molecule has 5 nitrogen and oxygen atoms in total. The first-order valence-corrected chi connectivity index (χ1v) is 12.0. The van der Waals surface area contributed by atoms with Crippen molar-refractivity contribution in [1.82, 2.24) is 0 Å². The fourth-order valence-electron chi connectivity index (χ4n) is 4.41. The number of thiophene rings is 1. The highest BCUT2D eigenvalue weighted by Gasteiger charge is 2.25. The summed E-state index contributed by atoms with van der Waals surface area (Å²) < 4.78 is 6.02. The maximum atomic E-state index is 13.2. The second kappa shape index (κ2) is 9.10. The number of rotatable bonds is 5. The van der Waals surface area contributed by atoms with Crippen LogP contribution < -0.4 is 10.2 Å². The number of hydrogen-bond acceptors (Lipinski definition) is 5. The van der Waals surface area contributed by atoms with E-state index in [1.807, 2.05) is 42.5 Å². The van der Waals surface area contributed by atoms with Gasteiger partial charge in [-0.15, -0.1) is 11.3 Å². The number of amides is 1. The third-order valence-corrected chi connectivity index (χ3v) is 7.20. The van der Waals surface area contributed by atoms with E-state index in [0.29, 0.717) is 0 Å². The molecule has 5 rings (SSSR count). The Hall–Kier alpha value is -2.86. The van der Waals surface area contributed by atoms with Crippen molar-refractivity contribution in [2.24, 2.45) is 4.99 Å². The zero-order valence-corrected chi connectivity index (χ0v) is 18.4. The quantitative estimate of drug-likeness (QED) is 0.487. The van der Waals surface area contributed by atoms with Crippen molar-refractivity contribution in [1.29, 1.82) is 0 Å². The van der Waals surface area contributed by atoms with Crippen molar-refractivity contribution in [3.05, 3.63) is 64.2 Å². The van der Waals surface area contributed by atoms with Crippen molar-refractivity contribution < 1.29 is 9.21 Å². The molecule has 0 atom stereocenters. The van der Waals surface area contributed by atoms with Gasteiger partial charge >= 0.3 is 0 Å². The standard InChI is InChI=1S/C25H27N3O2S/c29-24(27-18-9-3-1-4-10-18)23-20-11-5-6-12-21(20)31-25(23)26-17-19-13-14-22(30-19)28-15-7-2-8-16-28/h1,3-4,9-10,13-14,17H,2,5-8,11-12,15-16H2,(H,27,29). The van der Waals surface area contributed by atoms with Crippen LogP contribution in [0, 0.1) is 0 Å². The van der Waals surface area contributed by atoms with E-state index in [1.165, 1.54) is 36.1 Å². The fraction of sp³-hybridized carbons (Fsp3) is 0.360. The Labute approximate surface area is 186 Å². The van der Waals surface area contributed by atoms with Gasteiger partial charge in [-0.05, 0) is 68.7 Å². The lowest BCUT2D eigenvalue weighted by atomic mass is 9.95. The number of carbonyl (C=O) groups excluding carboxylic acids is 1. The number of benzene rings is 1. The minimum absolute atomic E-state index is 0.0776. The van der Waals surface area contributed by atoms with Crippen molar-refractivity contribution >= 4 is 40.0 Å². The van der Waals surface area contributed by atoms with Gasteiger partial charge in [0.05, 0.1) is 11.8 Å². The molecule has 1 aromatic carbocycles. The molecule has 1 saturated heterocycles. The average Bonchev–Trinajstić information content (AvgIpc) is 3.43. The molecule has 1 aliphatic heterocycles. The largest absolute Gasteiger partial charge is 0.440 e. The summed E-state index contributed by atoms with van der Waals surface area (Å²) in [6.45, 7) is 2.09. The van der Waals surface area contributed by atoms with Gasteiger partial charge < -0.3 is 14.6 Å². The second-order valence-corrected chi connectivity index (χ2v) is 9.28. The van der Waals surface area contributed by atoms with Gasteiger partial charge in [-0.1, -0.05) is 18.2 Å². The molecule has 3 heterocycles. The van der Waals surface area contributed by atoms with E-state index in [9.17, 15) is 4.79 Å². The van der Waals surface area contributed by atoms with Crippen LogP contribution in [0.15, 0.2) is 51.9 Å². The number of anilines is 2. The van der Waals surface area contributed by atoms with Gasteiger partial charge in [0.15, 0.2) is 5.88 Å². The van der Waals surface area contributed by atoms with Gasteiger partial charge in [0.2, 0.25) is 0 Å². The van der Waals surface area contributed by atoms with Gasteiger partial charge in [-0.3, -0.25) is 4.79 Å². The van der Waals surface area contributed by atoms with Gasteiger partial charge in [0, 0.05) is 29.7 Å². The lowest BCUT2D eigenvalue weighted by molar-refractivity contribution is 0.102. The maximum Gasteiger partial charge on any atom is 0.259 e. The van der Waals surface area contributed by atoms with Crippen LogP contribution in [0.3, 0.4) is 0 Å². The maximum absolute atomic E-state index is 13.2. The number of fused-ring (bicyclic) bond motifs is 1. The SMILES string of the molecule is O=C(Nc1ccccc1)c1c(N=Cc2ccc(N3CCCCC3)o2)sc2c1CCCC2. The Morgan fingerprint density at radius 3 is 2.65 bits per heavy atom. The van der Waals surface area contributed by atoms with Crippen molar-refractivity contribution in [3.8, 4) is 0 Å². The number of furan rings is 1. The van der Waals surface area contributed by atoms with Gasteiger partial charge in [0.25, 0.3) is 5.91 Å². The topological polar surface area (TPSA) is 57.8 Å². The predicted molar refractivity (Wildman–Crippen MR) is 127 cm³/mol. The molecule has 160 valence electrons. The molecular formula is C25H27N3O2S. The normalized spacial score (nSPS) is 16.5. The molecule has 3 aromatic rings. The summed E-state index contributed by atoms with van der Waals surface area (Å²) in [5, 5.41) is 3.82. The number of aliphatic imine (C=N–C) groups is 1. The van der Waals surface area contributed by atoms with Crippen LogP contribution >= 0.6 is 11.3 Å². The third kappa shape index (κ3) is 4.44. The van der Waals surface area contributed by atoms with E-state index in [2.05, 4.69) is 10.2 Å². The molecule has 1 amide bonds. The van der Waals surface area contributed by atoms with E-state index in [0.717, 1.165) is 60.2 Å². The molecule has 31 heavy (non-hydrogen) atoms. The Morgan fingerprint density at radius 2 is 1.81 bits per heavy atom. The van der Waals surface area contributed by atoms with Crippen LogP contribution in [-0.4, -0.2) is 25.2 Å². The molecule has 0 radical (unpaired) electrons. The minimum atomic E-state index is -0.0776. The number of aryl methyl sites for hydroxylation is 1. The van der Waals surface area contributed by atoms with Gasteiger partial charge in [-0.2, -0.15) is 0 Å². The first-order chi connectivity index (χ1) is 15.3. The molecule has 1 N–H and O–H groups in total. The first kappa shape index (κ1) is 20.1. The first-order valence-electron chi connectivity index (χ1n) is 11.2. The van der Waals surface area contributed by atoms with Crippen LogP contribution in [0.1, 0.15) is 58.7 Å². The highest BCUT2D eigenvalue weighted by atomic mass is 32.1. The Kier molecular flexibility index (Phi) is 5.89. The van der Waals surface area contributed by atoms with Crippen molar-refractivity contribution in [2.75, 3.05) is 23.3 Å². The van der Waals surface area contributed by atoms with Crippen LogP contribution in [0.25, 0.3) is 0 Å². The van der Waals surface area contributed by atoms with Crippen LogP contribution in [0.2, 0.25) is 0 Å². The van der Waals surface area contributed by atoms with Gasteiger partial charge in [-0.25, -0.2) is 4.99 Å². The average molecular weight is 434 g/mol. The summed E-state index contributed by atoms with van der Waals surface area (Å²) in [5.74, 6) is 1.56. The summed E-state index contributed by atoms with van der Waals surface area (Å²) in [5.41, 5.74) is 2.70. The Morgan fingerprint density at radius 1 is 1.00 bits per heavy atom. The fourth-order valence-corrected chi connectivity index (χ4v) is 5.64. The summed E-state index contributed by atoms with van der Waals surface area (Å²) in [4.78, 5) is 21.5. The molecule has 1 aliphatic carbocycles. The van der Waals surface area contributed by atoms with Crippen LogP contribution in [-0.2, 0) is 12.8 Å². The smallest absolute Gasteiger partial charge is 0.259 e. The molecule has 0 saturated carbocycles. The third-order valence-electron chi connectivity index (χ3n) is 6.00. The zero-order valence-electron chi connectivity index (χ0n) is 17.6. The predicted octanol–water partition coefficient (Wildman–Crippen LogP) is 6.21. The minimum Gasteiger partial charge on any atom is -0.440 e. The van der Waals surface area contributed by atoms with E-state index < -0.39 is 0 Å². The highest BCUT2D eigenvalue weighted by molar-refractivity contribution is 7.16. The molecule has 0 spiro atoms. The van der Waals surface area contributed by atoms with Crippen molar-refractivity contribution in [3.63, 3.8) is 0 Å². The Bertz CT molecular complexity index is 1080. The van der Waals surface area contributed by atoms with E-state index >= 15 is 0 Å². The summed E-state index contributed by atoms with van der Waals surface area (Å²) in [6.07, 6.45) is 9.74. The summed E-state index contributed by atoms with van der Waals surface area (Å²) in [7, 11) is 0. The molecule has 1 fully saturated rings. The van der Waals surface area contributed by atoms with E-state index in [1.54, 1.807) is 17.6 Å². The molecule has 2 aromatic heterocycles. The number of nitrogens with one attached hydrogen (secondary N) is 1.